The first kappa shape index (κ1) is 18.8. The molecule has 2 unspecified atom stereocenters. The van der Waals surface area contributed by atoms with Gasteiger partial charge in [-0.05, 0) is 44.0 Å². The largest absolute Gasteiger partial charge is 0.315 e. The third-order valence-electron chi connectivity index (χ3n) is 5.75. The average Bonchev–Trinajstić information content (AvgIpc) is 2.79. The molecule has 0 radical (unpaired) electrons. The van der Waals surface area contributed by atoms with Crippen LogP contribution in [0.15, 0.2) is 18.2 Å². The molecule has 4 rings (SSSR count). The van der Waals surface area contributed by atoms with Gasteiger partial charge >= 0.3 is 0 Å². The topological polar surface area (TPSA) is 98.8 Å². The summed E-state index contributed by atoms with van der Waals surface area (Å²) in [5, 5.41) is 5.62. The number of rotatable bonds is 3. The van der Waals surface area contributed by atoms with Gasteiger partial charge in [0.1, 0.15) is 6.04 Å². The maximum Gasteiger partial charge on any atom is 0.262 e. The van der Waals surface area contributed by atoms with Crippen LogP contribution in [0.3, 0.4) is 0 Å². The summed E-state index contributed by atoms with van der Waals surface area (Å²) in [6.07, 6.45) is 1.35. The van der Waals surface area contributed by atoms with E-state index in [1.165, 1.54) is 0 Å². The highest BCUT2D eigenvalue weighted by molar-refractivity contribution is 6.23. The molecule has 0 aromatic heterocycles. The highest BCUT2D eigenvalue weighted by atomic mass is 16.2. The summed E-state index contributed by atoms with van der Waals surface area (Å²) in [7, 11) is 0. The molecule has 3 aliphatic heterocycles. The number of piperidine rings is 1. The van der Waals surface area contributed by atoms with Gasteiger partial charge in [-0.15, -0.1) is 0 Å². The Bertz CT molecular complexity index is 853. The van der Waals surface area contributed by atoms with Crippen LogP contribution in [0.5, 0.6) is 0 Å². The van der Waals surface area contributed by atoms with Crippen LogP contribution in [0.4, 0.5) is 0 Å². The van der Waals surface area contributed by atoms with Crippen molar-refractivity contribution in [2.75, 3.05) is 19.6 Å². The normalized spacial score (nSPS) is 26.2. The molecule has 3 aliphatic rings. The molecule has 28 heavy (non-hydrogen) atoms. The summed E-state index contributed by atoms with van der Waals surface area (Å²) in [6.45, 7) is 5.77. The average molecular weight is 384 g/mol. The standard InChI is InChI=1S/C20H24N4O4/c1-12-10-21-7-2-8-23(12)11-13-3-4-14-15(9-13)20(28)24(19(14)27)16-5-6-17(25)22-18(16)26/h3-4,9,12,16,21H,2,5-8,10-11H2,1H3,(H,22,25,26). The van der Waals surface area contributed by atoms with Crippen molar-refractivity contribution < 1.29 is 19.2 Å². The fourth-order valence-electron chi connectivity index (χ4n) is 4.15. The van der Waals surface area contributed by atoms with Gasteiger partial charge in [0, 0.05) is 32.1 Å². The molecule has 0 spiro atoms. The highest BCUT2D eigenvalue weighted by Crippen LogP contribution is 2.28. The second-order valence-corrected chi connectivity index (χ2v) is 7.70. The molecule has 2 fully saturated rings. The monoisotopic (exact) mass is 384 g/mol. The summed E-state index contributed by atoms with van der Waals surface area (Å²) < 4.78 is 0. The number of fused-ring (bicyclic) bond motifs is 1. The van der Waals surface area contributed by atoms with Crippen molar-refractivity contribution in [2.45, 2.75) is 44.8 Å². The minimum absolute atomic E-state index is 0.121. The molecule has 0 bridgehead atoms. The van der Waals surface area contributed by atoms with Crippen LogP contribution in [-0.2, 0) is 16.1 Å². The van der Waals surface area contributed by atoms with Crippen LogP contribution >= 0.6 is 0 Å². The summed E-state index contributed by atoms with van der Waals surface area (Å²) in [4.78, 5) is 52.6. The van der Waals surface area contributed by atoms with E-state index < -0.39 is 23.8 Å². The first-order valence-corrected chi connectivity index (χ1v) is 9.75. The lowest BCUT2D eigenvalue weighted by molar-refractivity contribution is -0.136. The van der Waals surface area contributed by atoms with E-state index in [9.17, 15) is 19.2 Å². The number of carbonyl (C=O) groups excluding carboxylic acids is 4. The van der Waals surface area contributed by atoms with Gasteiger partial charge in [0.25, 0.3) is 11.8 Å². The van der Waals surface area contributed by atoms with Crippen LogP contribution in [0.2, 0.25) is 0 Å². The van der Waals surface area contributed by atoms with Crippen LogP contribution in [0.1, 0.15) is 52.5 Å². The summed E-state index contributed by atoms with van der Waals surface area (Å²) >= 11 is 0. The van der Waals surface area contributed by atoms with Crippen molar-refractivity contribution >= 4 is 23.6 Å². The molecule has 1 aromatic carbocycles. The summed E-state index contributed by atoms with van der Waals surface area (Å²) in [5.41, 5.74) is 1.63. The van der Waals surface area contributed by atoms with Crippen LogP contribution < -0.4 is 10.6 Å². The van der Waals surface area contributed by atoms with Gasteiger partial charge in [0.15, 0.2) is 0 Å². The van der Waals surface area contributed by atoms with Gasteiger partial charge < -0.3 is 5.32 Å². The molecular weight excluding hydrogens is 360 g/mol. The van der Waals surface area contributed by atoms with Gasteiger partial charge in [-0.3, -0.25) is 34.3 Å². The van der Waals surface area contributed by atoms with Gasteiger partial charge in [-0.25, -0.2) is 0 Å². The molecule has 0 aliphatic carbocycles. The zero-order valence-electron chi connectivity index (χ0n) is 15.9. The number of carbonyl (C=O) groups is 4. The van der Waals surface area contributed by atoms with E-state index in [1.807, 2.05) is 6.07 Å². The van der Waals surface area contributed by atoms with Crippen molar-refractivity contribution in [3.8, 4) is 0 Å². The van der Waals surface area contributed by atoms with Crippen molar-refractivity contribution in [2.24, 2.45) is 0 Å². The molecule has 148 valence electrons. The van der Waals surface area contributed by atoms with E-state index in [4.69, 9.17) is 0 Å². The van der Waals surface area contributed by atoms with E-state index in [2.05, 4.69) is 22.5 Å². The molecule has 2 saturated heterocycles. The molecule has 1 aromatic rings. The van der Waals surface area contributed by atoms with Crippen molar-refractivity contribution in [3.63, 3.8) is 0 Å². The number of benzene rings is 1. The fourth-order valence-corrected chi connectivity index (χ4v) is 4.15. The van der Waals surface area contributed by atoms with Gasteiger partial charge in [0.2, 0.25) is 11.8 Å². The van der Waals surface area contributed by atoms with Crippen molar-refractivity contribution in [3.05, 3.63) is 34.9 Å². The SMILES string of the molecule is CC1CNCCCN1Cc1ccc2c(c1)C(=O)N(C1CCC(=O)NC1=O)C2=O. The third-order valence-corrected chi connectivity index (χ3v) is 5.75. The Balaban J connectivity index is 1.55. The van der Waals surface area contributed by atoms with Crippen LogP contribution in [0.25, 0.3) is 0 Å². The van der Waals surface area contributed by atoms with E-state index in [1.54, 1.807) is 12.1 Å². The van der Waals surface area contributed by atoms with Gasteiger partial charge in [-0.1, -0.05) is 6.07 Å². The Morgan fingerprint density at radius 3 is 2.68 bits per heavy atom. The molecule has 2 atom stereocenters. The predicted molar refractivity (Wildman–Crippen MR) is 100 cm³/mol. The minimum atomic E-state index is -0.926. The second kappa shape index (κ2) is 7.44. The number of imide groups is 2. The maximum absolute atomic E-state index is 12.9. The number of amides is 4. The lowest BCUT2D eigenvalue weighted by Gasteiger charge is -2.27. The lowest BCUT2D eigenvalue weighted by Crippen LogP contribution is -2.54. The molecular formula is C20H24N4O4. The van der Waals surface area contributed by atoms with Gasteiger partial charge in [0.05, 0.1) is 11.1 Å². The quantitative estimate of drug-likeness (QED) is 0.726. The van der Waals surface area contributed by atoms with E-state index in [-0.39, 0.29) is 18.7 Å². The Morgan fingerprint density at radius 1 is 1.11 bits per heavy atom. The summed E-state index contributed by atoms with van der Waals surface area (Å²) in [6, 6.07) is 4.78. The van der Waals surface area contributed by atoms with Crippen LogP contribution in [-0.4, -0.2) is 65.1 Å². The third kappa shape index (κ3) is 3.33. The zero-order valence-corrected chi connectivity index (χ0v) is 15.9. The van der Waals surface area contributed by atoms with E-state index in [0.717, 1.165) is 36.5 Å². The zero-order chi connectivity index (χ0) is 19.8. The molecule has 4 amide bonds. The second-order valence-electron chi connectivity index (χ2n) is 7.70. The molecule has 3 heterocycles. The van der Waals surface area contributed by atoms with E-state index >= 15 is 0 Å². The van der Waals surface area contributed by atoms with E-state index in [0.29, 0.717) is 23.7 Å². The number of nitrogens with one attached hydrogen (secondary N) is 2. The first-order chi connectivity index (χ1) is 13.5. The Labute approximate surface area is 163 Å². The highest BCUT2D eigenvalue weighted by Gasteiger charge is 2.44. The molecule has 2 N–H and O–H groups in total. The minimum Gasteiger partial charge on any atom is -0.315 e. The Morgan fingerprint density at radius 2 is 1.89 bits per heavy atom. The van der Waals surface area contributed by atoms with Crippen molar-refractivity contribution in [1.82, 2.24) is 20.4 Å². The maximum atomic E-state index is 12.9. The van der Waals surface area contributed by atoms with Crippen molar-refractivity contribution in [1.29, 1.82) is 0 Å². The smallest absolute Gasteiger partial charge is 0.262 e. The fraction of sp³-hybridized carbons (Fsp3) is 0.500. The number of hydrogen-bond acceptors (Lipinski definition) is 6. The number of nitrogens with zero attached hydrogens (tertiary/aromatic N) is 2. The molecule has 8 nitrogen and oxygen atoms in total. The Kier molecular flexibility index (Phi) is 4.99. The number of hydrogen-bond donors (Lipinski definition) is 2. The molecule has 0 saturated carbocycles. The van der Waals surface area contributed by atoms with Gasteiger partial charge in [-0.2, -0.15) is 0 Å². The lowest BCUT2D eigenvalue weighted by atomic mass is 10.0. The summed E-state index contributed by atoms with van der Waals surface area (Å²) in [5.74, 6) is -1.88. The molecule has 8 heteroatoms. The predicted octanol–water partition coefficient (Wildman–Crippen LogP) is 0.272. The first-order valence-electron chi connectivity index (χ1n) is 9.75. The van der Waals surface area contributed by atoms with Crippen LogP contribution in [0, 0.1) is 0 Å². The Hall–Kier alpha value is -2.58.